The summed E-state index contributed by atoms with van der Waals surface area (Å²) in [4.78, 5) is 13.6. The van der Waals surface area contributed by atoms with Crippen molar-refractivity contribution in [1.29, 1.82) is 0 Å². The molecule has 0 saturated carbocycles. The Balaban J connectivity index is 2.25. The lowest BCUT2D eigenvalue weighted by molar-refractivity contribution is 0.900. The van der Waals surface area contributed by atoms with Gasteiger partial charge in [0.15, 0.2) is 0 Å². The van der Waals surface area contributed by atoms with E-state index in [9.17, 15) is 0 Å². The van der Waals surface area contributed by atoms with E-state index in [-0.39, 0.29) is 0 Å². The van der Waals surface area contributed by atoms with Crippen LogP contribution in [0.4, 0.5) is 0 Å². The number of hydrogen-bond donors (Lipinski definition) is 1. The van der Waals surface area contributed by atoms with Crippen LogP contribution < -0.4 is 5.73 Å². The van der Waals surface area contributed by atoms with Gasteiger partial charge in [-0.25, -0.2) is 15.0 Å². The van der Waals surface area contributed by atoms with E-state index in [0.29, 0.717) is 11.4 Å². The van der Waals surface area contributed by atoms with E-state index >= 15 is 0 Å². The van der Waals surface area contributed by atoms with E-state index < -0.39 is 0 Å². The monoisotopic (exact) mass is 315 g/mol. The van der Waals surface area contributed by atoms with Gasteiger partial charge in [0.2, 0.25) is 0 Å². The molecule has 0 unspecified atom stereocenters. The van der Waals surface area contributed by atoms with E-state index in [1.165, 1.54) is 0 Å². The smallest absolute Gasteiger partial charge is 0.143 e. The first-order chi connectivity index (χ1) is 10.2. The van der Waals surface area contributed by atoms with Crippen LogP contribution in [0.2, 0.25) is 0 Å². The first-order valence-corrected chi connectivity index (χ1v) is 7.93. The minimum absolute atomic E-state index is 0.408. The van der Waals surface area contributed by atoms with Gasteiger partial charge in [-0.3, -0.25) is 4.57 Å². The highest BCUT2D eigenvalue weighted by molar-refractivity contribution is 7.98. The van der Waals surface area contributed by atoms with Crippen LogP contribution in [0.3, 0.4) is 0 Å². The number of rotatable bonds is 4. The van der Waals surface area contributed by atoms with Crippen LogP contribution >= 0.6 is 24.0 Å². The number of para-hydroxylation sites is 2. The number of nitrogens with zero attached hydrogens (tertiary/aromatic N) is 4. The van der Waals surface area contributed by atoms with Crippen molar-refractivity contribution in [3.8, 4) is 5.82 Å². The summed E-state index contributed by atoms with van der Waals surface area (Å²) in [5.74, 6) is 1.56. The lowest BCUT2D eigenvalue weighted by atomic mass is 10.3. The second-order valence-electron chi connectivity index (χ2n) is 4.41. The Bertz CT molecular complexity index is 812. The molecule has 0 bridgehead atoms. The van der Waals surface area contributed by atoms with Crippen molar-refractivity contribution in [1.82, 2.24) is 19.5 Å². The zero-order valence-corrected chi connectivity index (χ0v) is 13.0. The maximum absolute atomic E-state index is 5.69. The fourth-order valence-electron chi connectivity index (χ4n) is 2.17. The summed E-state index contributed by atoms with van der Waals surface area (Å²) in [6.07, 6.45) is 3.97. The summed E-state index contributed by atoms with van der Waals surface area (Å²) < 4.78 is 1.98. The Morgan fingerprint density at radius 2 is 2.14 bits per heavy atom. The summed E-state index contributed by atoms with van der Waals surface area (Å²) in [5, 5.41) is 0.902. The molecule has 0 saturated heterocycles. The first kappa shape index (κ1) is 14.0. The summed E-state index contributed by atoms with van der Waals surface area (Å²) in [5.41, 5.74) is 7.57. The van der Waals surface area contributed by atoms with Crippen LogP contribution in [0, 0.1) is 0 Å². The maximum atomic E-state index is 5.69. The molecule has 0 spiro atoms. The van der Waals surface area contributed by atoms with E-state index in [2.05, 4.69) is 15.0 Å². The second kappa shape index (κ2) is 5.79. The van der Waals surface area contributed by atoms with Gasteiger partial charge < -0.3 is 5.73 Å². The highest BCUT2D eigenvalue weighted by atomic mass is 32.2. The van der Waals surface area contributed by atoms with Gasteiger partial charge in [0.25, 0.3) is 0 Å². The number of nitrogens with two attached hydrogens (primary N) is 1. The summed E-state index contributed by atoms with van der Waals surface area (Å²) in [6, 6.07) is 9.83. The van der Waals surface area contributed by atoms with Crippen molar-refractivity contribution in [3.05, 3.63) is 42.5 Å². The lowest BCUT2D eigenvalue weighted by Crippen LogP contribution is -2.15. The summed E-state index contributed by atoms with van der Waals surface area (Å²) in [6.45, 7) is 0. The molecule has 2 N–H and O–H groups in total. The number of hydrogen-bond acceptors (Lipinski definition) is 5. The molecule has 1 aromatic carbocycles. The minimum Gasteiger partial charge on any atom is -0.393 e. The number of thiocarbonyl (C=S) groups is 1. The molecule has 0 atom stereocenters. The molecular formula is C14H13N5S2. The number of imidazole rings is 1. The van der Waals surface area contributed by atoms with Crippen molar-refractivity contribution in [2.24, 2.45) is 5.73 Å². The predicted octanol–water partition coefficient (Wildman–Crippen LogP) is 2.37. The van der Waals surface area contributed by atoms with Gasteiger partial charge in [-0.15, -0.1) is 11.8 Å². The average Bonchev–Trinajstić information content (AvgIpc) is 2.84. The zero-order chi connectivity index (χ0) is 14.8. The fraction of sp³-hybridized carbons (Fsp3) is 0.143. The molecule has 3 aromatic rings. The highest BCUT2D eigenvalue weighted by Crippen LogP contribution is 2.22. The minimum atomic E-state index is 0.408. The van der Waals surface area contributed by atoms with Crippen LogP contribution in [-0.2, 0) is 6.42 Å². The molecule has 0 aliphatic rings. The number of aromatic nitrogens is 4. The van der Waals surface area contributed by atoms with Crippen LogP contribution in [-0.4, -0.2) is 30.8 Å². The van der Waals surface area contributed by atoms with E-state index in [1.54, 1.807) is 18.1 Å². The standard InChI is InChI=1S/C14H13N5S2/c1-21-14-7-12(16-8-17-14)19-10-5-3-2-4-9(10)18-13(19)6-11(15)20/h2-5,7-8H,6H2,1H3,(H2,15,20). The van der Waals surface area contributed by atoms with Gasteiger partial charge in [-0.1, -0.05) is 24.4 Å². The van der Waals surface area contributed by atoms with Crippen molar-refractivity contribution in [3.63, 3.8) is 0 Å². The summed E-state index contributed by atoms with van der Waals surface area (Å²) >= 11 is 6.60. The largest absolute Gasteiger partial charge is 0.393 e. The quantitative estimate of drug-likeness (QED) is 0.453. The third-order valence-corrected chi connectivity index (χ3v) is 3.81. The van der Waals surface area contributed by atoms with Crippen LogP contribution in [0.15, 0.2) is 41.7 Å². The first-order valence-electron chi connectivity index (χ1n) is 6.30. The second-order valence-corrected chi connectivity index (χ2v) is 5.76. The van der Waals surface area contributed by atoms with Crippen molar-refractivity contribution < 1.29 is 0 Å². The number of thioether (sulfide) groups is 1. The molecule has 0 aliphatic heterocycles. The van der Waals surface area contributed by atoms with Crippen molar-refractivity contribution in [2.45, 2.75) is 11.4 Å². The molecule has 7 heteroatoms. The molecule has 3 rings (SSSR count). The molecule has 0 radical (unpaired) electrons. The molecule has 0 fully saturated rings. The van der Waals surface area contributed by atoms with E-state index in [0.717, 1.165) is 27.7 Å². The molecule has 2 aromatic heterocycles. The van der Waals surface area contributed by atoms with Crippen LogP contribution in [0.25, 0.3) is 16.9 Å². The Labute approximate surface area is 131 Å². The third-order valence-electron chi connectivity index (χ3n) is 3.03. The Hall–Kier alpha value is -1.99. The Morgan fingerprint density at radius 3 is 2.90 bits per heavy atom. The van der Waals surface area contributed by atoms with Crippen LogP contribution in [0.1, 0.15) is 5.82 Å². The molecule has 0 amide bonds. The predicted molar refractivity (Wildman–Crippen MR) is 88.9 cm³/mol. The zero-order valence-electron chi connectivity index (χ0n) is 11.4. The number of fused-ring (bicyclic) bond motifs is 1. The average molecular weight is 315 g/mol. The van der Waals surface area contributed by atoms with Crippen molar-refractivity contribution >= 4 is 40.0 Å². The third kappa shape index (κ3) is 2.74. The van der Waals surface area contributed by atoms with E-state index in [1.807, 2.05) is 41.2 Å². The molecule has 2 heterocycles. The molecule has 0 aliphatic carbocycles. The fourth-order valence-corrected chi connectivity index (χ4v) is 2.67. The molecule has 106 valence electrons. The SMILES string of the molecule is CSc1cc(-n2c(CC(N)=S)nc3ccccc32)ncn1. The van der Waals surface area contributed by atoms with Gasteiger partial charge in [-0.2, -0.15) is 0 Å². The van der Waals surface area contributed by atoms with Gasteiger partial charge in [0.1, 0.15) is 23.0 Å². The lowest BCUT2D eigenvalue weighted by Gasteiger charge is -2.08. The van der Waals surface area contributed by atoms with Crippen molar-refractivity contribution in [2.75, 3.05) is 6.26 Å². The summed E-state index contributed by atoms with van der Waals surface area (Å²) in [7, 11) is 0. The van der Waals surface area contributed by atoms with Gasteiger partial charge in [-0.05, 0) is 18.4 Å². The van der Waals surface area contributed by atoms with Gasteiger partial charge >= 0.3 is 0 Å². The Kier molecular flexibility index (Phi) is 3.85. The maximum Gasteiger partial charge on any atom is 0.143 e. The molecular weight excluding hydrogens is 302 g/mol. The van der Waals surface area contributed by atoms with Crippen LogP contribution in [0.5, 0.6) is 0 Å². The highest BCUT2D eigenvalue weighted by Gasteiger charge is 2.14. The number of benzene rings is 1. The van der Waals surface area contributed by atoms with Gasteiger partial charge in [0, 0.05) is 6.07 Å². The Morgan fingerprint density at radius 1 is 1.33 bits per heavy atom. The molecule has 5 nitrogen and oxygen atoms in total. The molecule has 21 heavy (non-hydrogen) atoms. The van der Waals surface area contributed by atoms with E-state index in [4.69, 9.17) is 18.0 Å². The van der Waals surface area contributed by atoms with Gasteiger partial charge in [0.05, 0.1) is 22.4 Å². The topological polar surface area (TPSA) is 69.6 Å². The normalized spacial score (nSPS) is 10.9.